The normalized spacial score (nSPS) is 11.2. The molecule has 0 saturated heterocycles. The Balaban J connectivity index is 3.07. The Hall–Kier alpha value is -0.640. The van der Waals surface area contributed by atoms with Gasteiger partial charge in [-0.25, -0.2) is 0 Å². The van der Waals surface area contributed by atoms with Crippen molar-refractivity contribution in [1.82, 2.24) is 9.78 Å². The summed E-state index contributed by atoms with van der Waals surface area (Å²) >= 11 is 1.74. The number of thioether (sulfide) groups is 1. The maximum absolute atomic E-state index is 5.99. The molecule has 0 spiro atoms. The number of nitrogens with two attached hydrogens (primary N) is 1. The van der Waals surface area contributed by atoms with E-state index >= 15 is 0 Å². The van der Waals surface area contributed by atoms with Crippen LogP contribution in [0.25, 0.3) is 0 Å². The summed E-state index contributed by atoms with van der Waals surface area (Å²) in [6, 6.07) is 0. The van der Waals surface area contributed by atoms with Crippen LogP contribution in [-0.2, 0) is 7.05 Å². The largest absolute Gasteiger partial charge is 0.395 e. The third-order valence-electron chi connectivity index (χ3n) is 1.89. The van der Waals surface area contributed by atoms with E-state index in [0.29, 0.717) is 5.92 Å². The van der Waals surface area contributed by atoms with E-state index in [1.165, 1.54) is 0 Å². The predicted octanol–water partition coefficient (Wildman–Crippen LogP) is 2.24. The van der Waals surface area contributed by atoms with E-state index in [4.69, 9.17) is 5.73 Å². The molecule has 0 radical (unpaired) electrons. The highest BCUT2D eigenvalue weighted by Crippen LogP contribution is 2.30. The number of hydrogen-bond acceptors (Lipinski definition) is 3. The van der Waals surface area contributed by atoms with Crippen molar-refractivity contribution in [3.63, 3.8) is 0 Å². The van der Waals surface area contributed by atoms with Crippen LogP contribution in [0, 0.1) is 0 Å². The molecule has 0 bridgehead atoms. The number of aromatic nitrogens is 2. The Kier molecular flexibility index (Phi) is 3.25. The van der Waals surface area contributed by atoms with Gasteiger partial charge in [-0.15, -0.1) is 11.8 Å². The lowest BCUT2D eigenvalue weighted by Crippen LogP contribution is -1.94. The highest BCUT2D eigenvalue weighted by molar-refractivity contribution is 7.99. The number of anilines is 1. The minimum atomic E-state index is 0.400. The van der Waals surface area contributed by atoms with E-state index in [0.717, 1.165) is 22.2 Å². The van der Waals surface area contributed by atoms with Crippen LogP contribution in [-0.4, -0.2) is 15.5 Å². The van der Waals surface area contributed by atoms with Crippen LogP contribution in [0.5, 0.6) is 0 Å². The van der Waals surface area contributed by atoms with Crippen LogP contribution < -0.4 is 5.73 Å². The van der Waals surface area contributed by atoms with Crippen LogP contribution in [0.4, 0.5) is 5.69 Å². The summed E-state index contributed by atoms with van der Waals surface area (Å²) in [7, 11) is 1.94. The summed E-state index contributed by atoms with van der Waals surface area (Å²) in [4.78, 5) is 0. The van der Waals surface area contributed by atoms with E-state index in [2.05, 4.69) is 25.9 Å². The second-order valence-electron chi connectivity index (χ2n) is 3.32. The molecule has 1 heterocycles. The molecule has 74 valence electrons. The van der Waals surface area contributed by atoms with Crippen LogP contribution in [0.2, 0.25) is 0 Å². The SMILES string of the molecule is CCSc1c(N)c(C(C)C)nn1C. The molecular weight excluding hydrogens is 182 g/mol. The summed E-state index contributed by atoms with van der Waals surface area (Å²) < 4.78 is 1.87. The third-order valence-corrected chi connectivity index (χ3v) is 2.93. The van der Waals surface area contributed by atoms with Crippen molar-refractivity contribution in [1.29, 1.82) is 0 Å². The van der Waals surface area contributed by atoms with Crippen molar-refractivity contribution in [2.75, 3.05) is 11.5 Å². The van der Waals surface area contributed by atoms with Gasteiger partial charge in [0.05, 0.1) is 11.4 Å². The first-order chi connectivity index (χ1) is 6.07. The first-order valence-corrected chi connectivity index (χ1v) is 5.51. The smallest absolute Gasteiger partial charge is 0.117 e. The molecule has 0 aromatic carbocycles. The molecule has 0 saturated carbocycles. The van der Waals surface area contributed by atoms with E-state index in [9.17, 15) is 0 Å². The lowest BCUT2D eigenvalue weighted by Gasteiger charge is -2.01. The van der Waals surface area contributed by atoms with E-state index in [-0.39, 0.29) is 0 Å². The number of hydrogen-bond donors (Lipinski definition) is 1. The molecule has 3 nitrogen and oxygen atoms in total. The fraction of sp³-hybridized carbons (Fsp3) is 0.667. The predicted molar refractivity (Wildman–Crippen MR) is 58.1 cm³/mol. The topological polar surface area (TPSA) is 43.8 Å². The molecule has 0 amide bonds. The Labute approximate surface area is 83.7 Å². The Morgan fingerprint density at radius 2 is 2.15 bits per heavy atom. The molecule has 1 aromatic heterocycles. The molecule has 1 aromatic rings. The Morgan fingerprint density at radius 3 is 2.54 bits per heavy atom. The molecule has 13 heavy (non-hydrogen) atoms. The zero-order valence-corrected chi connectivity index (χ0v) is 9.48. The molecule has 0 fully saturated rings. The van der Waals surface area contributed by atoms with Gasteiger partial charge >= 0.3 is 0 Å². The van der Waals surface area contributed by atoms with Crippen molar-refractivity contribution in [2.45, 2.75) is 31.7 Å². The van der Waals surface area contributed by atoms with Crippen molar-refractivity contribution in [2.24, 2.45) is 7.05 Å². The van der Waals surface area contributed by atoms with E-state index in [1.54, 1.807) is 11.8 Å². The molecule has 4 heteroatoms. The molecule has 0 aliphatic heterocycles. The second-order valence-corrected chi connectivity index (χ2v) is 4.57. The molecule has 0 unspecified atom stereocenters. The van der Waals surface area contributed by atoms with Crippen LogP contribution >= 0.6 is 11.8 Å². The Bertz CT molecular complexity index is 291. The average molecular weight is 199 g/mol. The van der Waals surface area contributed by atoms with E-state index in [1.807, 2.05) is 11.7 Å². The lowest BCUT2D eigenvalue weighted by atomic mass is 10.1. The number of nitrogens with zero attached hydrogens (tertiary/aromatic N) is 2. The second kappa shape index (κ2) is 4.05. The minimum absolute atomic E-state index is 0.400. The molecule has 2 N–H and O–H groups in total. The van der Waals surface area contributed by atoms with Crippen molar-refractivity contribution < 1.29 is 0 Å². The van der Waals surface area contributed by atoms with Crippen molar-refractivity contribution >= 4 is 17.4 Å². The minimum Gasteiger partial charge on any atom is -0.395 e. The van der Waals surface area contributed by atoms with Crippen LogP contribution in [0.1, 0.15) is 32.4 Å². The summed E-state index contributed by atoms with van der Waals surface area (Å²) in [5.74, 6) is 1.43. The number of rotatable bonds is 3. The Morgan fingerprint density at radius 1 is 1.54 bits per heavy atom. The maximum Gasteiger partial charge on any atom is 0.117 e. The quantitative estimate of drug-likeness (QED) is 0.759. The monoisotopic (exact) mass is 199 g/mol. The van der Waals surface area contributed by atoms with Crippen LogP contribution in [0.15, 0.2) is 5.03 Å². The maximum atomic E-state index is 5.99. The van der Waals surface area contributed by atoms with Gasteiger partial charge in [-0.2, -0.15) is 5.10 Å². The lowest BCUT2D eigenvalue weighted by molar-refractivity contribution is 0.671. The molecule has 0 atom stereocenters. The van der Waals surface area contributed by atoms with Crippen LogP contribution in [0.3, 0.4) is 0 Å². The first kappa shape index (κ1) is 10.4. The van der Waals surface area contributed by atoms with Gasteiger partial charge in [-0.05, 0) is 11.7 Å². The van der Waals surface area contributed by atoms with Gasteiger partial charge in [0.1, 0.15) is 5.03 Å². The third kappa shape index (κ3) is 1.99. The summed E-state index contributed by atoms with van der Waals surface area (Å²) in [6.07, 6.45) is 0. The van der Waals surface area contributed by atoms with Gasteiger partial charge in [0.15, 0.2) is 0 Å². The van der Waals surface area contributed by atoms with Crippen molar-refractivity contribution in [3.8, 4) is 0 Å². The standard InChI is InChI=1S/C9H17N3S/c1-5-13-9-7(10)8(6(2)3)11-12(9)4/h6H,5,10H2,1-4H3. The number of aryl methyl sites for hydroxylation is 1. The summed E-state index contributed by atoms with van der Waals surface area (Å²) in [5, 5.41) is 5.49. The average Bonchev–Trinajstić information content (AvgIpc) is 2.32. The fourth-order valence-corrected chi connectivity index (χ4v) is 2.04. The number of nitrogen functional groups attached to an aromatic ring is 1. The summed E-state index contributed by atoms with van der Waals surface area (Å²) in [6.45, 7) is 6.34. The zero-order valence-electron chi connectivity index (χ0n) is 8.66. The van der Waals surface area contributed by atoms with E-state index < -0.39 is 0 Å². The molecule has 0 aliphatic carbocycles. The van der Waals surface area contributed by atoms with Gasteiger partial charge in [0.2, 0.25) is 0 Å². The fourth-order valence-electron chi connectivity index (χ4n) is 1.28. The van der Waals surface area contributed by atoms with Crippen molar-refractivity contribution in [3.05, 3.63) is 5.69 Å². The molecule has 0 aliphatic rings. The van der Waals surface area contributed by atoms with Gasteiger partial charge in [0.25, 0.3) is 0 Å². The highest BCUT2D eigenvalue weighted by atomic mass is 32.2. The van der Waals surface area contributed by atoms with Gasteiger partial charge in [0, 0.05) is 7.05 Å². The van der Waals surface area contributed by atoms with Gasteiger partial charge in [-0.3, -0.25) is 4.68 Å². The summed E-state index contributed by atoms with van der Waals surface area (Å²) in [5.41, 5.74) is 7.85. The molecule has 1 rings (SSSR count). The zero-order chi connectivity index (χ0) is 10.0. The highest BCUT2D eigenvalue weighted by Gasteiger charge is 2.15. The first-order valence-electron chi connectivity index (χ1n) is 4.53. The van der Waals surface area contributed by atoms with Gasteiger partial charge < -0.3 is 5.73 Å². The van der Waals surface area contributed by atoms with Gasteiger partial charge in [-0.1, -0.05) is 20.8 Å². The molecular formula is C9H17N3S.